The van der Waals surface area contributed by atoms with Crippen LogP contribution in [0.4, 0.5) is 10.6 Å². The van der Waals surface area contributed by atoms with Gasteiger partial charge >= 0.3 is 6.09 Å². The van der Waals surface area contributed by atoms with E-state index >= 15 is 0 Å². The quantitative estimate of drug-likeness (QED) is 0.517. The maximum atomic E-state index is 11.1. The van der Waals surface area contributed by atoms with Crippen molar-refractivity contribution in [2.45, 2.75) is 25.4 Å². The Hall–Kier alpha value is -2.43. The molecule has 140 valence electrons. The molecule has 8 nitrogen and oxygen atoms in total. The predicted molar refractivity (Wildman–Crippen MR) is 108 cm³/mol. The third-order valence-electron chi connectivity index (χ3n) is 4.75. The van der Waals surface area contributed by atoms with E-state index in [2.05, 4.69) is 49.1 Å². The Morgan fingerprint density at radius 1 is 1.41 bits per heavy atom. The molecule has 1 amide bonds. The first-order valence-corrected chi connectivity index (χ1v) is 9.52. The summed E-state index contributed by atoms with van der Waals surface area (Å²) in [6.07, 6.45) is 0.684. The highest BCUT2D eigenvalue weighted by Crippen LogP contribution is 2.44. The van der Waals surface area contributed by atoms with Crippen LogP contribution < -0.4 is 11.1 Å². The standard InChI is InChI=1S/C18H18IN5O3/c1-18(2)13-14(22-8-23-16(13)20)11-4-3-9(19)5-12(11)15(18)24-26-7-10-6-21-17(25)27-10/h3-5,8,10H,6-7H2,1-2H3,(H,21,25)(H2,20,22,23)/b24-15+/t10-/m0/s1. The lowest BCUT2D eigenvalue weighted by molar-refractivity contribution is 0.0487. The number of anilines is 1. The average Bonchev–Trinajstić information content (AvgIpc) is 3.02. The molecule has 27 heavy (non-hydrogen) atoms. The third-order valence-corrected chi connectivity index (χ3v) is 5.42. The second-order valence-corrected chi connectivity index (χ2v) is 8.19. The van der Waals surface area contributed by atoms with Crippen LogP contribution in [0.5, 0.6) is 0 Å². The smallest absolute Gasteiger partial charge is 0.407 e. The molecule has 0 saturated carbocycles. The number of benzene rings is 1. The molecule has 1 aromatic carbocycles. The van der Waals surface area contributed by atoms with E-state index in [0.717, 1.165) is 31.7 Å². The molecule has 0 spiro atoms. The number of halogens is 1. The van der Waals surface area contributed by atoms with Crippen molar-refractivity contribution in [3.05, 3.63) is 39.2 Å². The van der Waals surface area contributed by atoms with E-state index in [1.807, 2.05) is 26.0 Å². The van der Waals surface area contributed by atoms with Crippen LogP contribution in [-0.4, -0.2) is 41.0 Å². The monoisotopic (exact) mass is 479 g/mol. The molecule has 0 bridgehead atoms. The van der Waals surface area contributed by atoms with Crippen LogP contribution in [0.2, 0.25) is 0 Å². The van der Waals surface area contributed by atoms with Gasteiger partial charge in [0, 0.05) is 25.7 Å². The number of hydrogen-bond donors (Lipinski definition) is 2. The lowest BCUT2D eigenvalue weighted by Crippen LogP contribution is -2.36. The van der Waals surface area contributed by atoms with Crippen LogP contribution in [0.1, 0.15) is 25.0 Å². The summed E-state index contributed by atoms with van der Waals surface area (Å²) in [6.45, 7) is 4.62. The fraction of sp³-hybridized carbons (Fsp3) is 0.333. The number of carbonyl (C=O) groups is 1. The van der Waals surface area contributed by atoms with Crippen molar-refractivity contribution in [3.63, 3.8) is 0 Å². The Morgan fingerprint density at radius 3 is 2.96 bits per heavy atom. The van der Waals surface area contributed by atoms with Crippen LogP contribution in [-0.2, 0) is 15.0 Å². The number of oxime groups is 1. The molecule has 3 N–H and O–H groups in total. The highest BCUT2D eigenvalue weighted by molar-refractivity contribution is 14.1. The van der Waals surface area contributed by atoms with Gasteiger partial charge in [0.1, 0.15) is 12.1 Å². The Kier molecular flexibility index (Phi) is 4.41. The van der Waals surface area contributed by atoms with Crippen molar-refractivity contribution in [1.82, 2.24) is 15.3 Å². The normalized spacial score (nSPS) is 21.2. The zero-order chi connectivity index (χ0) is 19.2. The second-order valence-electron chi connectivity index (χ2n) is 6.94. The van der Waals surface area contributed by atoms with E-state index < -0.39 is 11.5 Å². The van der Waals surface area contributed by atoms with Gasteiger partial charge in [0.2, 0.25) is 0 Å². The number of rotatable bonds is 3. The van der Waals surface area contributed by atoms with Gasteiger partial charge in [-0.15, -0.1) is 0 Å². The van der Waals surface area contributed by atoms with E-state index in [1.165, 1.54) is 6.33 Å². The van der Waals surface area contributed by atoms with Crippen molar-refractivity contribution in [2.75, 3.05) is 18.9 Å². The molecular weight excluding hydrogens is 461 g/mol. The number of nitrogens with one attached hydrogen (secondary N) is 1. The third kappa shape index (κ3) is 3.09. The summed E-state index contributed by atoms with van der Waals surface area (Å²) >= 11 is 2.27. The van der Waals surface area contributed by atoms with E-state index in [0.29, 0.717) is 12.4 Å². The maximum absolute atomic E-state index is 11.1. The van der Waals surface area contributed by atoms with Gasteiger partial charge in [-0.3, -0.25) is 0 Å². The lowest BCUT2D eigenvalue weighted by Gasteiger charge is -2.34. The van der Waals surface area contributed by atoms with E-state index in [9.17, 15) is 4.79 Å². The maximum Gasteiger partial charge on any atom is 0.407 e. The second kappa shape index (κ2) is 6.63. The molecule has 1 atom stereocenters. The average molecular weight is 479 g/mol. The summed E-state index contributed by atoms with van der Waals surface area (Å²) in [5, 5.41) is 7.02. The van der Waals surface area contributed by atoms with Gasteiger partial charge in [0.15, 0.2) is 12.7 Å². The van der Waals surface area contributed by atoms with Crippen LogP contribution in [0.3, 0.4) is 0 Å². The summed E-state index contributed by atoms with van der Waals surface area (Å²) in [6, 6.07) is 6.08. The van der Waals surface area contributed by atoms with Gasteiger partial charge < -0.3 is 20.6 Å². The van der Waals surface area contributed by atoms with E-state index in [1.54, 1.807) is 0 Å². The number of nitrogens with zero attached hydrogens (tertiary/aromatic N) is 3. The number of aromatic nitrogens is 2. The van der Waals surface area contributed by atoms with Crippen LogP contribution in [0.15, 0.2) is 29.7 Å². The number of hydrogen-bond acceptors (Lipinski definition) is 7. The topological polar surface area (TPSA) is 112 Å². The number of nitrogen functional groups attached to an aromatic ring is 1. The summed E-state index contributed by atoms with van der Waals surface area (Å²) < 4.78 is 6.16. The van der Waals surface area contributed by atoms with Gasteiger partial charge in [0.25, 0.3) is 0 Å². The van der Waals surface area contributed by atoms with Crippen molar-refractivity contribution in [2.24, 2.45) is 5.16 Å². The molecule has 1 fully saturated rings. The van der Waals surface area contributed by atoms with E-state index in [-0.39, 0.29) is 12.7 Å². The van der Waals surface area contributed by atoms with Gasteiger partial charge in [-0.2, -0.15) is 0 Å². The van der Waals surface area contributed by atoms with Gasteiger partial charge in [-0.05, 0) is 48.6 Å². The molecule has 9 heteroatoms. The lowest BCUT2D eigenvalue weighted by atomic mass is 9.70. The molecule has 4 rings (SSSR count). The summed E-state index contributed by atoms with van der Waals surface area (Å²) in [5.41, 5.74) is 9.90. The minimum atomic E-state index is -0.553. The van der Waals surface area contributed by atoms with Crippen molar-refractivity contribution >= 4 is 40.2 Å². The Balaban J connectivity index is 1.77. The minimum absolute atomic E-state index is 0.172. The molecule has 2 heterocycles. The van der Waals surface area contributed by atoms with Crippen molar-refractivity contribution in [3.8, 4) is 11.3 Å². The van der Waals surface area contributed by atoms with Crippen LogP contribution in [0.25, 0.3) is 11.3 Å². The fourth-order valence-electron chi connectivity index (χ4n) is 3.47. The molecule has 1 aliphatic carbocycles. The summed E-state index contributed by atoms with van der Waals surface area (Å²) in [4.78, 5) is 25.4. The fourth-order valence-corrected chi connectivity index (χ4v) is 3.96. The van der Waals surface area contributed by atoms with Crippen molar-refractivity contribution in [1.29, 1.82) is 0 Å². The number of carbonyl (C=O) groups excluding carboxylic acids is 1. The highest BCUT2D eigenvalue weighted by atomic mass is 127. The molecule has 1 saturated heterocycles. The number of alkyl carbamates (subject to hydrolysis) is 1. The SMILES string of the molecule is CC1(C)/C(=N/OC[C@@H]2CNC(=O)O2)c2cc(I)ccc2-c2ncnc(N)c21. The van der Waals surface area contributed by atoms with Crippen molar-refractivity contribution < 1.29 is 14.4 Å². The molecular formula is C18H18IN5O3. The van der Waals surface area contributed by atoms with Crippen LogP contribution >= 0.6 is 22.6 Å². The zero-order valence-corrected chi connectivity index (χ0v) is 17.0. The predicted octanol–water partition coefficient (Wildman–Crippen LogP) is 2.45. The molecule has 2 aromatic rings. The molecule has 0 unspecified atom stereocenters. The molecule has 2 aliphatic rings. The largest absolute Gasteiger partial charge is 0.441 e. The Morgan fingerprint density at radius 2 is 2.22 bits per heavy atom. The number of fused-ring (bicyclic) bond motifs is 3. The Bertz CT molecular complexity index is 960. The molecule has 1 aliphatic heterocycles. The number of cyclic esters (lactones) is 1. The Labute approximate surface area is 169 Å². The first kappa shape index (κ1) is 18.0. The number of amides is 1. The minimum Gasteiger partial charge on any atom is -0.441 e. The number of ether oxygens (including phenoxy) is 1. The molecule has 0 radical (unpaired) electrons. The number of nitrogens with two attached hydrogens (primary N) is 1. The summed E-state index contributed by atoms with van der Waals surface area (Å²) in [7, 11) is 0. The van der Waals surface area contributed by atoms with Gasteiger partial charge in [-0.1, -0.05) is 11.2 Å². The first-order chi connectivity index (χ1) is 12.9. The summed E-state index contributed by atoms with van der Waals surface area (Å²) in [5.74, 6) is 0.427. The van der Waals surface area contributed by atoms with E-state index in [4.69, 9.17) is 15.3 Å². The highest BCUT2D eigenvalue weighted by Gasteiger charge is 2.40. The zero-order valence-electron chi connectivity index (χ0n) is 14.8. The van der Waals surface area contributed by atoms with Crippen LogP contribution in [0, 0.1) is 3.57 Å². The van der Waals surface area contributed by atoms with Gasteiger partial charge in [0.05, 0.1) is 18.0 Å². The molecule has 1 aromatic heterocycles. The first-order valence-electron chi connectivity index (χ1n) is 8.44. The van der Waals surface area contributed by atoms with Gasteiger partial charge in [-0.25, -0.2) is 14.8 Å².